The Bertz CT molecular complexity index is 693. The summed E-state index contributed by atoms with van der Waals surface area (Å²) in [5.41, 5.74) is 13.1. The number of aliphatic hydroxyl groups excluding tert-OH is 1. The van der Waals surface area contributed by atoms with Crippen molar-refractivity contribution < 1.29 is 14.7 Å². The van der Waals surface area contributed by atoms with Gasteiger partial charge < -0.3 is 21.5 Å². The summed E-state index contributed by atoms with van der Waals surface area (Å²) in [6.45, 7) is 12.4. The van der Waals surface area contributed by atoms with Crippen LogP contribution in [0.5, 0.6) is 0 Å². The highest BCUT2D eigenvalue weighted by atomic mass is 16.3. The van der Waals surface area contributed by atoms with E-state index in [-0.39, 0.29) is 30.2 Å². The normalized spacial score (nSPS) is 16.4. The molecule has 0 aromatic heterocycles. The van der Waals surface area contributed by atoms with Gasteiger partial charge in [-0.1, -0.05) is 78.3 Å². The van der Waals surface area contributed by atoms with Crippen molar-refractivity contribution in [2.24, 2.45) is 35.1 Å². The Hall–Kier alpha value is -1.92. The standard InChI is InChI=1S/C26H45N3O3/c1-7-19(6)24(25(28)31)29(14-13-20-11-9-8-10-12-20)26(32)21(18(4)5)16-23(30)22(27)15-17(2)3/h8-12,17-19,21-24,30H,7,13-16,27H2,1-6H3,(H2,28,31)/t19?,21?,22?,23?,24-/m0/s1. The maximum absolute atomic E-state index is 13.8. The van der Waals surface area contributed by atoms with Crippen LogP contribution < -0.4 is 11.5 Å². The third-order valence-corrected chi connectivity index (χ3v) is 6.43. The Kier molecular flexibility index (Phi) is 11.9. The molecular weight excluding hydrogens is 402 g/mol. The first kappa shape index (κ1) is 28.1. The Labute approximate surface area is 194 Å². The molecule has 0 spiro atoms. The van der Waals surface area contributed by atoms with E-state index in [2.05, 4.69) is 13.8 Å². The molecule has 0 heterocycles. The number of benzene rings is 1. The molecule has 0 fully saturated rings. The van der Waals surface area contributed by atoms with E-state index in [0.717, 1.165) is 12.0 Å². The lowest BCUT2D eigenvalue weighted by Gasteiger charge is -2.37. The van der Waals surface area contributed by atoms with Crippen LogP contribution in [-0.2, 0) is 16.0 Å². The number of amides is 2. The molecule has 0 bridgehead atoms. The fourth-order valence-electron chi connectivity index (χ4n) is 4.25. The fraction of sp³-hybridized carbons (Fsp3) is 0.692. The number of carbonyl (C=O) groups excluding carboxylic acids is 2. The lowest BCUT2D eigenvalue weighted by Crippen LogP contribution is -2.54. The predicted octanol–water partition coefficient (Wildman–Crippen LogP) is 3.35. The number of carbonyl (C=O) groups is 2. The van der Waals surface area contributed by atoms with Crippen LogP contribution in [-0.4, -0.2) is 46.6 Å². The third kappa shape index (κ3) is 8.55. The van der Waals surface area contributed by atoms with Crippen LogP contribution in [0.25, 0.3) is 0 Å². The molecule has 6 nitrogen and oxygen atoms in total. The van der Waals surface area contributed by atoms with Crippen LogP contribution in [0.3, 0.4) is 0 Å². The Balaban J connectivity index is 3.18. The second-order valence-electron chi connectivity index (χ2n) is 9.95. The molecule has 5 N–H and O–H groups in total. The summed E-state index contributed by atoms with van der Waals surface area (Å²) >= 11 is 0. The quantitative estimate of drug-likeness (QED) is 0.406. The molecule has 0 radical (unpaired) electrons. The lowest BCUT2D eigenvalue weighted by molar-refractivity contribution is -0.146. The van der Waals surface area contributed by atoms with Crippen molar-refractivity contribution in [1.82, 2.24) is 4.90 Å². The van der Waals surface area contributed by atoms with E-state index in [1.54, 1.807) is 4.90 Å². The molecule has 2 amide bonds. The molecule has 6 heteroatoms. The van der Waals surface area contributed by atoms with E-state index < -0.39 is 24.0 Å². The second-order valence-corrected chi connectivity index (χ2v) is 9.95. The zero-order valence-corrected chi connectivity index (χ0v) is 20.8. The van der Waals surface area contributed by atoms with Gasteiger partial charge in [0, 0.05) is 18.5 Å². The van der Waals surface area contributed by atoms with E-state index >= 15 is 0 Å². The average molecular weight is 448 g/mol. The number of nitrogens with two attached hydrogens (primary N) is 2. The number of hydrogen-bond donors (Lipinski definition) is 3. The van der Waals surface area contributed by atoms with Crippen LogP contribution in [0, 0.1) is 23.7 Å². The summed E-state index contributed by atoms with van der Waals surface area (Å²) < 4.78 is 0. The zero-order valence-electron chi connectivity index (χ0n) is 20.8. The average Bonchev–Trinajstić information content (AvgIpc) is 2.73. The van der Waals surface area contributed by atoms with Crippen molar-refractivity contribution in [3.63, 3.8) is 0 Å². The predicted molar refractivity (Wildman–Crippen MR) is 131 cm³/mol. The summed E-state index contributed by atoms with van der Waals surface area (Å²) in [6.07, 6.45) is 1.55. The molecule has 0 aliphatic rings. The molecule has 4 unspecified atom stereocenters. The summed E-state index contributed by atoms with van der Waals surface area (Å²) in [6, 6.07) is 8.84. The van der Waals surface area contributed by atoms with Gasteiger partial charge in [-0.05, 0) is 42.6 Å². The van der Waals surface area contributed by atoms with Gasteiger partial charge in [-0.2, -0.15) is 0 Å². The minimum Gasteiger partial charge on any atom is -0.391 e. The van der Waals surface area contributed by atoms with Gasteiger partial charge in [-0.15, -0.1) is 0 Å². The van der Waals surface area contributed by atoms with Crippen molar-refractivity contribution >= 4 is 11.8 Å². The first-order valence-corrected chi connectivity index (χ1v) is 12.1. The number of rotatable bonds is 14. The molecular formula is C26H45N3O3. The van der Waals surface area contributed by atoms with Crippen LogP contribution in [0.2, 0.25) is 0 Å². The van der Waals surface area contributed by atoms with E-state index in [1.807, 2.05) is 58.0 Å². The van der Waals surface area contributed by atoms with Crippen molar-refractivity contribution in [3.05, 3.63) is 35.9 Å². The largest absolute Gasteiger partial charge is 0.391 e. The van der Waals surface area contributed by atoms with Gasteiger partial charge in [-0.3, -0.25) is 9.59 Å². The molecule has 0 saturated heterocycles. The zero-order chi connectivity index (χ0) is 24.4. The summed E-state index contributed by atoms with van der Waals surface area (Å²) in [4.78, 5) is 27.9. The van der Waals surface area contributed by atoms with Crippen LogP contribution in [0.4, 0.5) is 0 Å². The molecule has 182 valence electrons. The topological polar surface area (TPSA) is 110 Å². The van der Waals surface area contributed by atoms with E-state index in [4.69, 9.17) is 11.5 Å². The molecule has 32 heavy (non-hydrogen) atoms. The van der Waals surface area contributed by atoms with Gasteiger partial charge >= 0.3 is 0 Å². The molecule has 0 aliphatic carbocycles. The van der Waals surface area contributed by atoms with E-state index in [9.17, 15) is 14.7 Å². The molecule has 1 rings (SSSR count). The number of aliphatic hydroxyl groups is 1. The lowest BCUT2D eigenvalue weighted by atomic mass is 9.84. The highest BCUT2D eigenvalue weighted by Gasteiger charge is 2.37. The summed E-state index contributed by atoms with van der Waals surface area (Å²) in [5, 5.41) is 10.7. The first-order valence-electron chi connectivity index (χ1n) is 12.1. The van der Waals surface area contributed by atoms with Crippen molar-refractivity contribution in [2.45, 2.75) is 85.4 Å². The number of hydrogen-bond acceptors (Lipinski definition) is 4. The van der Waals surface area contributed by atoms with Gasteiger partial charge in [0.1, 0.15) is 6.04 Å². The highest BCUT2D eigenvalue weighted by molar-refractivity contribution is 5.88. The highest BCUT2D eigenvalue weighted by Crippen LogP contribution is 2.26. The molecule has 1 aromatic rings. The van der Waals surface area contributed by atoms with Gasteiger partial charge in [0.05, 0.1) is 6.10 Å². The minimum absolute atomic E-state index is 0.00640. The number of primary amides is 1. The maximum Gasteiger partial charge on any atom is 0.240 e. The van der Waals surface area contributed by atoms with Gasteiger partial charge in [0.15, 0.2) is 0 Å². The van der Waals surface area contributed by atoms with Crippen molar-refractivity contribution in [1.29, 1.82) is 0 Å². The van der Waals surface area contributed by atoms with Gasteiger partial charge in [0.2, 0.25) is 11.8 Å². The SMILES string of the molecule is CCC(C)[C@@H](C(N)=O)N(CCc1ccccc1)C(=O)C(CC(O)C(N)CC(C)C)C(C)C. The van der Waals surface area contributed by atoms with Crippen LogP contribution in [0.15, 0.2) is 30.3 Å². The Morgan fingerprint density at radius 1 is 1.03 bits per heavy atom. The summed E-state index contributed by atoms with van der Waals surface area (Å²) in [5.74, 6) is -0.762. The second kappa shape index (κ2) is 13.6. The Morgan fingerprint density at radius 2 is 1.62 bits per heavy atom. The van der Waals surface area contributed by atoms with E-state index in [0.29, 0.717) is 25.3 Å². The van der Waals surface area contributed by atoms with E-state index in [1.165, 1.54) is 0 Å². The summed E-state index contributed by atoms with van der Waals surface area (Å²) in [7, 11) is 0. The first-order chi connectivity index (χ1) is 15.0. The molecule has 5 atom stereocenters. The maximum atomic E-state index is 13.8. The fourth-order valence-corrected chi connectivity index (χ4v) is 4.25. The molecule has 1 aromatic carbocycles. The monoisotopic (exact) mass is 447 g/mol. The minimum atomic E-state index is -0.777. The molecule has 0 saturated carbocycles. The molecule has 0 aliphatic heterocycles. The smallest absolute Gasteiger partial charge is 0.240 e. The van der Waals surface area contributed by atoms with Gasteiger partial charge in [0.25, 0.3) is 0 Å². The van der Waals surface area contributed by atoms with Crippen LogP contribution >= 0.6 is 0 Å². The van der Waals surface area contributed by atoms with Crippen molar-refractivity contribution in [3.8, 4) is 0 Å². The van der Waals surface area contributed by atoms with Crippen LogP contribution in [0.1, 0.15) is 66.4 Å². The Morgan fingerprint density at radius 3 is 2.09 bits per heavy atom. The third-order valence-electron chi connectivity index (χ3n) is 6.43. The van der Waals surface area contributed by atoms with Crippen molar-refractivity contribution in [2.75, 3.05) is 6.54 Å². The number of nitrogens with zero attached hydrogens (tertiary/aromatic N) is 1. The van der Waals surface area contributed by atoms with Gasteiger partial charge in [-0.25, -0.2) is 0 Å².